The van der Waals surface area contributed by atoms with Crippen molar-refractivity contribution in [3.05, 3.63) is 16.1 Å². The highest BCUT2D eigenvalue weighted by molar-refractivity contribution is 7.09. The summed E-state index contributed by atoms with van der Waals surface area (Å²) >= 11 is 1.47. The molecule has 6 nitrogen and oxygen atoms in total. The molecule has 3 rings (SSSR count). The summed E-state index contributed by atoms with van der Waals surface area (Å²) < 4.78 is 5.60. The molecule has 2 fully saturated rings. The van der Waals surface area contributed by atoms with Gasteiger partial charge in [0.15, 0.2) is 0 Å². The van der Waals surface area contributed by atoms with Crippen LogP contribution in [0.2, 0.25) is 0 Å². The molecule has 0 aromatic carbocycles. The highest BCUT2D eigenvalue weighted by atomic mass is 32.1. The zero-order valence-electron chi connectivity index (χ0n) is 12.9. The third-order valence-corrected chi connectivity index (χ3v) is 5.05. The van der Waals surface area contributed by atoms with E-state index in [-0.39, 0.29) is 30.5 Å². The summed E-state index contributed by atoms with van der Waals surface area (Å²) in [5.41, 5.74) is 0.432. The van der Waals surface area contributed by atoms with Crippen LogP contribution < -0.4 is 0 Å². The van der Waals surface area contributed by atoms with Gasteiger partial charge in [-0.3, -0.25) is 9.59 Å². The second-order valence-corrected chi connectivity index (χ2v) is 6.87. The Labute approximate surface area is 134 Å². The van der Waals surface area contributed by atoms with Crippen LogP contribution in [-0.4, -0.2) is 58.9 Å². The number of aromatic nitrogens is 1. The number of ether oxygens (including phenoxy) is 1. The van der Waals surface area contributed by atoms with Crippen LogP contribution in [0.5, 0.6) is 0 Å². The Balaban J connectivity index is 1.66. The molecular weight excluding hydrogens is 302 g/mol. The zero-order valence-corrected chi connectivity index (χ0v) is 13.8. The Kier molecular flexibility index (Phi) is 4.44. The molecule has 0 N–H and O–H groups in total. The molecule has 1 unspecified atom stereocenters. The third kappa shape index (κ3) is 3.01. The van der Waals surface area contributed by atoms with E-state index in [1.807, 2.05) is 18.7 Å². The van der Waals surface area contributed by atoms with Crippen LogP contribution in [0.1, 0.15) is 48.3 Å². The molecule has 22 heavy (non-hydrogen) atoms. The number of amides is 2. The molecule has 1 aromatic heterocycles. The van der Waals surface area contributed by atoms with Crippen molar-refractivity contribution < 1.29 is 14.3 Å². The van der Waals surface area contributed by atoms with Crippen LogP contribution in [0, 0.1) is 0 Å². The number of hydrogen-bond acceptors (Lipinski definition) is 5. The van der Waals surface area contributed by atoms with Gasteiger partial charge in [-0.05, 0) is 26.7 Å². The van der Waals surface area contributed by atoms with E-state index in [1.165, 1.54) is 11.3 Å². The summed E-state index contributed by atoms with van der Waals surface area (Å²) in [6.07, 6.45) is 2.04. The molecular formula is C15H21N3O3S. The number of carbonyl (C=O) groups is 2. The minimum Gasteiger partial charge on any atom is -0.371 e. The molecule has 120 valence electrons. The van der Waals surface area contributed by atoms with Gasteiger partial charge >= 0.3 is 0 Å². The molecule has 0 aliphatic carbocycles. The van der Waals surface area contributed by atoms with Crippen molar-refractivity contribution in [1.29, 1.82) is 0 Å². The molecule has 2 saturated heterocycles. The fourth-order valence-corrected chi connectivity index (χ4v) is 3.75. The van der Waals surface area contributed by atoms with E-state index in [1.54, 1.807) is 10.3 Å². The topological polar surface area (TPSA) is 62.7 Å². The first-order valence-electron chi connectivity index (χ1n) is 7.72. The molecule has 0 saturated carbocycles. The average Bonchev–Trinajstić information content (AvgIpc) is 3.16. The second kappa shape index (κ2) is 6.34. The van der Waals surface area contributed by atoms with Gasteiger partial charge in [0.25, 0.3) is 5.91 Å². The minimum absolute atomic E-state index is 0.00387. The maximum atomic E-state index is 12.5. The molecule has 3 heterocycles. The zero-order chi connectivity index (χ0) is 15.7. The minimum atomic E-state index is -0.155. The van der Waals surface area contributed by atoms with Crippen LogP contribution >= 0.6 is 11.3 Å². The number of piperazine rings is 1. The molecule has 1 atom stereocenters. The van der Waals surface area contributed by atoms with Gasteiger partial charge in [0.2, 0.25) is 5.91 Å². The summed E-state index contributed by atoms with van der Waals surface area (Å²) in [5.74, 6) is -0.151. The van der Waals surface area contributed by atoms with Crippen LogP contribution in [0.3, 0.4) is 0 Å². The number of carbonyl (C=O) groups excluding carboxylic acids is 2. The molecule has 0 radical (unpaired) electrons. The van der Waals surface area contributed by atoms with E-state index in [0.29, 0.717) is 18.8 Å². The second-order valence-electron chi connectivity index (χ2n) is 5.98. The van der Waals surface area contributed by atoms with Crippen LogP contribution in [-0.2, 0) is 9.53 Å². The third-order valence-electron chi connectivity index (χ3n) is 4.11. The lowest BCUT2D eigenvalue weighted by atomic mass is 10.2. The average molecular weight is 323 g/mol. The maximum Gasteiger partial charge on any atom is 0.273 e. The van der Waals surface area contributed by atoms with E-state index < -0.39 is 0 Å². The van der Waals surface area contributed by atoms with Gasteiger partial charge in [-0.2, -0.15) is 0 Å². The van der Waals surface area contributed by atoms with Gasteiger partial charge in [0.05, 0.1) is 0 Å². The number of rotatable bonds is 3. The van der Waals surface area contributed by atoms with E-state index in [2.05, 4.69) is 4.98 Å². The summed E-state index contributed by atoms with van der Waals surface area (Å²) in [6, 6.07) is 0.176. The molecule has 1 aromatic rings. The standard InChI is InChI=1S/C15H21N3O3S/c1-10(2)18-6-5-17(8-13(18)19)15(20)11-9-22-14(16-11)12-4-3-7-21-12/h9-10,12H,3-8H2,1-2H3. The highest BCUT2D eigenvalue weighted by Crippen LogP contribution is 2.30. The summed E-state index contributed by atoms with van der Waals surface area (Å²) in [7, 11) is 0. The predicted molar refractivity (Wildman–Crippen MR) is 82.8 cm³/mol. The first-order valence-corrected chi connectivity index (χ1v) is 8.60. The molecule has 2 amide bonds. The normalized spacial score (nSPS) is 22.7. The van der Waals surface area contributed by atoms with E-state index in [9.17, 15) is 9.59 Å². The molecule has 2 aliphatic heterocycles. The Bertz CT molecular complexity index is 566. The van der Waals surface area contributed by atoms with Crippen molar-refractivity contribution in [2.24, 2.45) is 0 Å². The van der Waals surface area contributed by atoms with Gasteiger partial charge in [-0.25, -0.2) is 4.98 Å². The SMILES string of the molecule is CC(C)N1CCN(C(=O)c2csc(C3CCCO3)n2)CC1=O. The smallest absolute Gasteiger partial charge is 0.273 e. The molecule has 0 bridgehead atoms. The lowest BCUT2D eigenvalue weighted by Crippen LogP contribution is -2.54. The van der Waals surface area contributed by atoms with Crippen LogP contribution in [0.25, 0.3) is 0 Å². The first-order chi connectivity index (χ1) is 10.6. The lowest BCUT2D eigenvalue weighted by Gasteiger charge is -2.36. The highest BCUT2D eigenvalue weighted by Gasteiger charge is 2.30. The molecule has 0 spiro atoms. The Morgan fingerprint density at radius 1 is 1.45 bits per heavy atom. The van der Waals surface area contributed by atoms with Crippen LogP contribution in [0.4, 0.5) is 0 Å². The van der Waals surface area contributed by atoms with Gasteiger partial charge in [0.1, 0.15) is 23.4 Å². The summed E-state index contributed by atoms with van der Waals surface area (Å²) in [4.78, 5) is 32.4. The van der Waals surface area contributed by atoms with Crippen molar-refractivity contribution in [3.8, 4) is 0 Å². The Hall–Kier alpha value is -1.47. The lowest BCUT2D eigenvalue weighted by molar-refractivity contribution is -0.136. The monoisotopic (exact) mass is 323 g/mol. The Morgan fingerprint density at radius 3 is 2.91 bits per heavy atom. The quantitative estimate of drug-likeness (QED) is 0.849. The number of nitrogens with zero attached hydrogens (tertiary/aromatic N) is 3. The largest absolute Gasteiger partial charge is 0.371 e. The first kappa shape index (κ1) is 15.4. The Morgan fingerprint density at radius 2 is 2.27 bits per heavy atom. The van der Waals surface area contributed by atoms with E-state index in [4.69, 9.17) is 4.74 Å². The van der Waals surface area contributed by atoms with Crippen molar-refractivity contribution in [2.75, 3.05) is 26.2 Å². The van der Waals surface area contributed by atoms with Gasteiger partial charge < -0.3 is 14.5 Å². The predicted octanol–water partition coefficient (Wildman–Crippen LogP) is 1.69. The fraction of sp³-hybridized carbons (Fsp3) is 0.667. The maximum absolute atomic E-state index is 12.5. The van der Waals surface area contributed by atoms with Crippen molar-refractivity contribution in [3.63, 3.8) is 0 Å². The number of hydrogen-bond donors (Lipinski definition) is 0. The molecule has 7 heteroatoms. The van der Waals surface area contributed by atoms with Crippen LogP contribution in [0.15, 0.2) is 5.38 Å². The van der Waals surface area contributed by atoms with Gasteiger partial charge in [0, 0.05) is 31.1 Å². The van der Waals surface area contributed by atoms with Crippen molar-refractivity contribution in [2.45, 2.75) is 38.8 Å². The van der Waals surface area contributed by atoms with E-state index >= 15 is 0 Å². The van der Waals surface area contributed by atoms with Crippen molar-refractivity contribution >= 4 is 23.2 Å². The summed E-state index contributed by atoms with van der Waals surface area (Å²) in [6.45, 7) is 6.04. The van der Waals surface area contributed by atoms with Gasteiger partial charge in [-0.1, -0.05) is 0 Å². The van der Waals surface area contributed by atoms with Gasteiger partial charge in [-0.15, -0.1) is 11.3 Å². The fourth-order valence-electron chi connectivity index (χ4n) is 2.87. The van der Waals surface area contributed by atoms with E-state index in [0.717, 1.165) is 24.5 Å². The summed E-state index contributed by atoms with van der Waals surface area (Å²) in [5, 5.41) is 2.64. The number of thiazole rings is 1. The molecule has 2 aliphatic rings. The van der Waals surface area contributed by atoms with Crippen molar-refractivity contribution in [1.82, 2.24) is 14.8 Å².